The van der Waals surface area contributed by atoms with Crippen molar-refractivity contribution in [1.29, 1.82) is 0 Å². The molecule has 0 fully saturated rings. The maximum absolute atomic E-state index is 12.1. The van der Waals surface area contributed by atoms with Gasteiger partial charge in [0.2, 0.25) is 5.78 Å². The van der Waals surface area contributed by atoms with Crippen molar-refractivity contribution < 1.29 is 14.7 Å². The van der Waals surface area contributed by atoms with Crippen LogP contribution >= 0.6 is 11.3 Å². The molecule has 0 aliphatic heterocycles. The number of fused-ring (bicyclic) bond motifs is 1. The van der Waals surface area contributed by atoms with E-state index in [1.807, 2.05) is 24.3 Å². The predicted molar refractivity (Wildman–Crippen MR) is 69.2 cm³/mol. The highest BCUT2D eigenvalue weighted by Gasteiger charge is 2.23. The molecule has 1 amide bonds. The SMILES string of the molecule is CCC(NC(=O)O)C(=O)c1nc2ccccc2s1. The zero-order chi connectivity index (χ0) is 13.1. The Hall–Kier alpha value is -1.95. The predicted octanol–water partition coefficient (Wildman–Crippen LogP) is 2.53. The number of hydrogen-bond acceptors (Lipinski definition) is 4. The van der Waals surface area contributed by atoms with Gasteiger partial charge in [0.25, 0.3) is 0 Å². The molecule has 18 heavy (non-hydrogen) atoms. The number of hydrogen-bond donors (Lipinski definition) is 2. The molecule has 0 aliphatic rings. The van der Waals surface area contributed by atoms with E-state index in [4.69, 9.17) is 5.11 Å². The number of carboxylic acid groups (broad SMARTS) is 1. The molecule has 0 aliphatic carbocycles. The summed E-state index contributed by atoms with van der Waals surface area (Å²) in [5.74, 6) is -0.277. The molecule has 0 saturated heterocycles. The van der Waals surface area contributed by atoms with E-state index in [0.29, 0.717) is 11.4 Å². The third kappa shape index (κ3) is 2.48. The van der Waals surface area contributed by atoms with Crippen LogP contribution in [-0.2, 0) is 0 Å². The van der Waals surface area contributed by atoms with Gasteiger partial charge in [0.05, 0.1) is 16.3 Å². The van der Waals surface area contributed by atoms with Crippen molar-refractivity contribution in [1.82, 2.24) is 10.3 Å². The number of benzene rings is 1. The van der Waals surface area contributed by atoms with Crippen molar-refractivity contribution in [2.75, 3.05) is 0 Å². The first-order valence-electron chi connectivity index (χ1n) is 5.51. The quantitative estimate of drug-likeness (QED) is 0.832. The Bertz CT molecular complexity index is 561. The molecule has 1 heterocycles. The number of carbonyl (C=O) groups is 2. The van der Waals surface area contributed by atoms with Crippen LogP contribution in [0.25, 0.3) is 10.2 Å². The topological polar surface area (TPSA) is 79.3 Å². The Balaban J connectivity index is 2.29. The van der Waals surface area contributed by atoms with Crippen LogP contribution in [0, 0.1) is 0 Å². The maximum Gasteiger partial charge on any atom is 0.405 e. The first-order valence-corrected chi connectivity index (χ1v) is 6.32. The van der Waals surface area contributed by atoms with Crippen LogP contribution in [-0.4, -0.2) is 28.0 Å². The van der Waals surface area contributed by atoms with Gasteiger partial charge in [-0.15, -0.1) is 11.3 Å². The molecule has 1 unspecified atom stereocenters. The molecule has 1 aromatic carbocycles. The van der Waals surface area contributed by atoms with E-state index in [1.54, 1.807) is 6.92 Å². The van der Waals surface area contributed by atoms with Crippen molar-refractivity contribution in [3.63, 3.8) is 0 Å². The number of aromatic nitrogens is 1. The zero-order valence-corrected chi connectivity index (χ0v) is 10.5. The highest BCUT2D eigenvalue weighted by atomic mass is 32.1. The Labute approximate surface area is 107 Å². The van der Waals surface area contributed by atoms with Gasteiger partial charge in [-0.1, -0.05) is 19.1 Å². The molecule has 2 rings (SSSR count). The third-order valence-corrected chi connectivity index (χ3v) is 3.58. The smallest absolute Gasteiger partial charge is 0.405 e. The van der Waals surface area contributed by atoms with Gasteiger partial charge in [0.15, 0.2) is 5.01 Å². The maximum atomic E-state index is 12.1. The van der Waals surface area contributed by atoms with Crippen molar-refractivity contribution in [3.05, 3.63) is 29.3 Å². The third-order valence-electron chi connectivity index (χ3n) is 2.53. The molecule has 94 valence electrons. The Morgan fingerprint density at radius 1 is 1.44 bits per heavy atom. The molecule has 2 aromatic rings. The van der Waals surface area contributed by atoms with Gasteiger partial charge in [0.1, 0.15) is 0 Å². The molecule has 0 saturated carbocycles. The number of amides is 1. The first kappa shape index (κ1) is 12.5. The van der Waals surface area contributed by atoms with Crippen LogP contribution in [0.1, 0.15) is 23.1 Å². The average Bonchev–Trinajstić information content (AvgIpc) is 2.78. The minimum Gasteiger partial charge on any atom is -0.465 e. The summed E-state index contributed by atoms with van der Waals surface area (Å²) in [6, 6.07) is 6.71. The second-order valence-corrected chi connectivity index (χ2v) is 4.79. The molecular formula is C12H12N2O3S. The monoisotopic (exact) mass is 264 g/mol. The van der Waals surface area contributed by atoms with E-state index in [9.17, 15) is 9.59 Å². The number of nitrogens with one attached hydrogen (secondary N) is 1. The van der Waals surface area contributed by atoms with Crippen molar-refractivity contribution in [2.45, 2.75) is 19.4 Å². The average molecular weight is 264 g/mol. The lowest BCUT2D eigenvalue weighted by molar-refractivity contribution is 0.0934. The summed E-state index contributed by atoms with van der Waals surface area (Å²) in [4.78, 5) is 26.9. The van der Waals surface area contributed by atoms with Gasteiger partial charge in [-0.3, -0.25) is 4.79 Å². The molecule has 0 bridgehead atoms. The molecular weight excluding hydrogens is 252 g/mol. The van der Waals surface area contributed by atoms with E-state index in [2.05, 4.69) is 10.3 Å². The molecule has 1 aromatic heterocycles. The number of rotatable bonds is 4. The molecule has 2 N–H and O–H groups in total. The minimum absolute atomic E-state index is 0.277. The second kappa shape index (κ2) is 5.14. The van der Waals surface area contributed by atoms with Crippen LogP contribution in [0.15, 0.2) is 24.3 Å². The number of para-hydroxylation sites is 1. The van der Waals surface area contributed by atoms with E-state index < -0.39 is 12.1 Å². The fraction of sp³-hybridized carbons (Fsp3) is 0.250. The number of carbonyl (C=O) groups excluding carboxylic acids is 1. The van der Waals surface area contributed by atoms with Gasteiger partial charge < -0.3 is 10.4 Å². The Morgan fingerprint density at radius 2 is 2.17 bits per heavy atom. The van der Waals surface area contributed by atoms with Gasteiger partial charge >= 0.3 is 6.09 Å². The van der Waals surface area contributed by atoms with E-state index in [1.165, 1.54) is 11.3 Å². The van der Waals surface area contributed by atoms with Gasteiger partial charge in [-0.25, -0.2) is 9.78 Å². The van der Waals surface area contributed by atoms with Crippen molar-refractivity contribution in [3.8, 4) is 0 Å². The van der Waals surface area contributed by atoms with E-state index in [0.717, 1.165) is 10.2 Å². The Morgan fingerprint density at radius 3 is 2.78 bits per heavy atom. The fourth-order valence-electron chi connectivity index (χ4n) is 1.63. The Kier molecular flexibility index (Phi) is 3.57. The summed E-state index contributed by atoms with van der Waals surface area (Å²) in [6.45, 7) is 1.76. The minimum atomic E-state index is -1.20. The van der Waals surface area contributed by atoms with E-state index >= 15 is 0 Å². The lowest BCUT2D eigenvalue weighted by Gasteiger charge is -2.11. The van der Waals surface area contributed by atoms with Gasteiger partial charge in [-0.2, -0.15) is 0 Å². The molecule has 0 radical (unpaired) electrons. The van der Waals surface area contributed by atoms with Crippen LogP contribution < -0.4 is 5.32 Å². The number of thiazole rings is 1. The molecule has 5 nitrogen and oxygen atoms in total. The standard InChI is InChI=1S/C12H12N2O3S/c1-2-7(14-12(16)17)10(15)11-13-8-5-3-4-6-9(8)18-11/h3-7,14H,2H2,1H3,(H,16,17). The summed E-state index contributed by atoms with van der Waals surface area (Å²) < 4.78 is 0.922. The van der Waals surface area contributed by atoms with Gasteiger partial charge in [-0.05, 0) is 18.6 Å². The van der Waals surface area contributed by atoms with Crippen molar-refractivity contribution in [2.24, 2.45) is 0 Å². The summed E-state index contributed by atoms with van der Waals surface area (Å²) >= 11 is 1.28. The summed E-state index contributed by atoms with van der Waals surface area (Å²) in [6.07, 6.45) is -0.794. The second-order valence-electron chi connectivity index (χ2n) is 3.76. The largest absolute Gasteiger partial charge is 0.465 e. The van der Waals surface area contributed by atoms with Crippen molar-refractivity contribution >= 4 is 33.4 Å². The summed E-state index contributed by atoms with van der Waals surface area (Å²) in [7, 11) is 0. The number of ketones is 1. The number of Topliss-reactive ketones (excluding diaryl/α,β-unsaturated/α-hetero) is 1. The fourth-order valence-corrected chi connectivity index (χ4v) is 2.59. The van der Waals surface area contributed by atoms with Crippen LogP contribution in [0.3, 0.4) is 0 Å². The van der Waals surface area contributed by atoms with E-state index in [-0.39, 0.29) is 5.78 Å². The summed E-state index contributed by atoms with van der Waals surface area (Å²) in [5, 5.41) is 11.2. The highest BCUT2D eigenvalue weighted by molar-refractivity contribution is 7.20. The zero-order valence-electron chi connectivity index (χ0n) is 9.71. The summed E-state index contributed by atoms with van der Waals surface area (Å²) in [5.41, 5.74) is 0.760. The lowest BCUT2D eigenvalue weighted by Crippen LogP contribution is -2.39. The highest BCUT2D eigenvalue weighted by Crippen LogP contribution is 2.22. The van der Waals surface area contributed by atoms with Crippen LogP contribution in [0.5, 0.6) is 0 Å². The molecule has 0 spiro atoms. The normalized spacial score (nSPS) is 12.3. The van der Waals surface area contributed by atoms with Gasteiger partial charge in [0, 0.05) is 0 Å². The van der Waals surface area contributed by atoms with Crippen LogP contribution in [0.4, 0.5) is 4.79 Å². The molecule has 6 heteroatoms. The lowest BCUT2D eigenvalue weighted by atomic mass is 10.1. The molecule has 1 atom stereocenters. The first-order chi connectivity index (χ1) is 8.61. The van der Waals surface area contributed by atoms with Crippen LogP contribution in [0.2, 0.25) is 0 Å². The number of nitrogens with zero attached hydrogens (tertiary/aromatic N) is 1.